The largest absolute Gasteiger partial charge is 0.460 e. The number of aliphatic hydroxyl groups excluding tert-OH is 1. The number of carbonyl (C=O) groups excluding carboxylic acids is 2. The van der Waals surface area contributed by atoms with E-state index in [0.717, 1.165) is 11.1 Å². The van der Waals surface area contributed by atoms with Crippen LogP contribution in [0.15, 0.2) is 42.0 Å². The fourth-order valence-corrected chi connectivity index (χ4v) is 1.48. The number of esters is 1. The topological polar surface area (TPSA) is 84.9 Å². The predicted molar refractivity (Wildman–Crippen MR) is 81.0 cm³/mol. The molecule has 0 aliphatic carbocycles. The van der Waals surface area contributed by atoms with Gasteiger partial charge < -0.3 is 19.9 Å². The molecule has 0 fully saturated rings. The molecule has 0 bridgehead atoms. The first-order chi connectivity index (χ1) is 10.5. The molecule has 120 valence electrons. The van der Waals surface area contributed by atoms with Gasteiger partial charge in [-0.15, -0.1) is 0 Å². The first-order valence-electron chi connectivity index (χ1n) is 6.91. The van der Waals surface area contributed by atoms with Crippen molar-refractivity contribution >= 4 is 12.1 Å². The summed E-state index contributed by atoms with van der Waals surface area (Å²) in [5.74, 6) is -0.711. The van der Waals surface area contributed by atoms with Crippen LogP contribution in [0.25, 0.3) is 0 Å². The second kappa shape index (κ2) is 9.57. The Hall–Kier alpha value is -2.34. The molecule has 0 radical (unpaired) electrons. The Morgan fingerprint density at radius 1 is 1.23 bits per heavy atom. The summed E-state index contributed by atoms with van der Waals surface area (Å²) >= 11 is 0. The maximum Gasteiger partial charge on any atom is 0.408 e. The van der Waals surface area contributed by atoms with Gasteiger partial charge in [-0.3, -0.25) is 0 Å². The molecule has 0 spiro atoms. The van der Waals surface area contributed by atoms with E-state index in [2.05, 4.69) is 5.32 Å². The lowest BCUT2D eigenvalue weighted by Crippen LogP contribution is -2.44. The van der Waals surface area contributed by atoms with E-state index >= 15 is 0 Å². The van der Waals surface area contributed by atoms with E-state index in [1.54, 1.807) is 6.08 Å². The van der Waals surface area contributed by atoms with E-state index in [0.29, 0.717) is 0 Å². The average Bonchev–Trinajstić information content (AvgIpc) is 2.51. The monoisotopic (exact) mass is 307 g/mol. The van der Waals surface area contributed by atoms with Gasteiger partial charge in [0, 0.05) is 0 Å². The van der Waals surface area contributed by atoms with Crippen LogP contribution in [0.2, 0.25) is 0 Å². The Morgan fingerprint density at radius 3 is 2.50 bits per heavy atom. The van der Waals surface area contributed by atoms with E-state index < -0.39 is 24.7 Å². The zero-order valence-electron chi connectivity index (χ0n) is 12.7. The number of alkyl carbamates (subject to hydrolysis) is 1. The van der Waals surface area contributed by atoms with Gasteiger partial charge in [0.25, 0.3) is 0 Å². The van der Waals surface area contributed by atoms with Gasteiger partial charge in [-0.25, -0.2) is 9.59 Å². The first-order valence-corrected chi connectivity index (χ1v) is 6.91. The molecule has 1 aromatic rings. The molecular formula is C16H21NO5. The summed E-state index contributed by atoms with van der Waals surface area (Å²) in [4.78, 5) is 23.3. The Labute approximate surface area is 129 Å². The standard InChI is InChI=1S/C16H21NO5/c1-12(2)8-9-21-15(19)14(10-18)17-16(20)22-11-13-6-4-3-5-7-13/h3-8,14,18H,9-11H2,1-2H3,(H,17,20)/t14-/m0/s1. The smallest absolute Gasteiger partial charge is 0.408 e. The molecule has 1 rings (SSSR count). The minimum atomic E-state index is -1.14. The molecule has 0 unspecified atom stereocenters. The van der Waals surface area contributed by atoms with Gasteiger partial charge in [-0.2, -0.15) is 0 Å². The van der Waals surface area contributed by atoms with E-state index in [1.165, 1.54) is 0 Å². The van der Waals surface area contributed by atoms with E-state index in [9.17, 15) is 9.59 Å². The summed E-state index contributed by atoms with van der Waals surface area (Å²) in [6.07, 6.45) is 0.933. The Bertz CT molecular complexity index is 509. The highest BCUT2D eigenvalue weighted by Crippen LogP contribution is 2.01. The molecule has 6 nitrogen and oxygen atoms in total. The van der Waals surface area contributed by atoms with Gasteiger partial charge in [-0.1, -0.05) is 35.9 Å². The quantitative estimate of drug-likeness (QED) is 0.592. The molecule has 1 aromatic carbocycles. The summed E-state index contributed by atoms with van der Waals surface area (Å²) in [5.41, 5.74) is 1.83. The van der Waals surface area contributed by atoms with Crippen molar-refractivity contribution in [3.05, 3.63) is 47.5 Å². The minimum absolute atomic E-state index is 0.0810. The molecule has 1 amide bonds. The highest BCUT2D eigenvalue weighted by Gasteiger charge is 2.21. The molecule has 0 aliphatic rings. The van der Waals surface area contributed by atoms with Crippen LogP contribution < -0.4 is 5.32 Å². The van der Waals surface area contributed by atoms with Crippen LogP contribution in [0.4, 0.5) is 4.79 Å². The number of aliphatic hydroxyl groups is 1. The maximum absolute atomic E-state index is 11.7. The van der Waals surface area contributed by atoms with Crippen molar-refractivity contribution in [3.8, 4) is 0 Å². The number of allylic oxidation sites excluding steroid dienone is 1. The lowest BCUT2D eigenvalue weighted by atomic mass is 10.2. The number of carbonyl (C=O) groups is 2. The molecule has 0 heterocycles. The average molecular weight is 307 g/mol. The minimum Gasteiger partial charge on any atom is -0.460 e. The number of ether oxygens (including phenoxy) is 2. The Kier molecular flexibility index (Phi) is 7.70. The number of rotatable bonds is 7. The van der Waals surface area contributed by atoms with Gasteiger partial charge in [0.15, 0.2) is 6.04 Å². The van der Waals surface area contributed by atoms with Gasteiger partial charge >= 0.3 is 12.1 Å². The molecule has 0 aromatic heterocycles. The summed E-state index contributed by atoms with van der Waals surface area (Å²) in [6, 6.07) is 7.98. The highest BCUT2D eigenvalue weighted by molar-refractivity contribution is 5.81. The molecule has 0 saturated heterocycles. The second-order valence-corrected chi connectivity index (χ2v) is 4.85. The summed E-state index contributed by atoms with van der Waals surface area (Å²) < 4.78 is 9.90. The van der Waals surface area contributed by atoms with Gasteiger partial charge in [0.1, 0.15) is 13.2 Å². The second-order valence-electron chi connectivity index (χ2n) is 4.85. The summed E-state index contributed by atoms with van der Waals surface area (Å²) in [6.45, 7) is 3.36. The molecule has 22 heavy (non-hydrogen) atoms. The third kappa shape index (κ3) is 6.90. The zero-order chi connectivity index (χ0) is 16.4. The van der Waals surface area contributed by atoms with Crippen molar-refractivity contribution in [2.45, 2.75) is 26.5 Å². The Balaban J connectivity index is 2.39. The normalized spacial score (nSPS) is 11.2. The van der Waals surface area contributed by atoms with Crippen molar-refractivity contribution < 1.29 is 24.2 Å². The van der Waals surface area contributed by atoms with Gasteiger partial charge in [0.2, 0.25) is 0 Å². The SMILES string of the molecule is CC(C)=CCOC(=O)[C@H](CO)NC(=O)OCc1ccccc1. The van der Waals surface area contributed by atoms with Crippen LogP contribution in [0.3, 0.4) is 0 Å². The van der Waals surface area contributed by atoms with E-state index in [-0.39, 0.29) is 13.2 Å². The number of hydrogen-bond donors (Lipinski definition) is 2. The fraction of sp³-hybridized carbons (Fsp3) is 0.375. The van der Waals surface area contributed by atoms with Crippen molar-refractivity contribution in [1.29, 1.82) is 0 Å². The number of benzene rings is 1. The zero-order valence-corrected chi connectivity index (χ0v) is 12.7. The number of nitrogens with one attached hydrogen (secondary N) is 1. The predicted octanol–water partition coefficient (Wildman–Crippen LogP) is 1.78. The summed E-state index contributed by atoms with van der Waals surface area (Å²) in [7, 11) is 0. The third-order valence-electron chi connectivity index (χ3n) is 2.69. The highest BCUT2D eigenvalue weighted by atomic mass is 16.6. The molecular weight excluding hydrogens is 286 g/mol. The van der Waals surface area contributed by atoms with Crippen LogP contribution in [0, 0.1) is 0 Å². The third-order valence-corrected chi connectivity index (χ3v) is 2.69. The first kappa shape index (κ1) is 17.7. The van der Waals surface area contributed by atoms with Crippen molar-refractivity contribution in [2.75, 3.05) is 13.2 Å². The fourth-order valence-electron chi connectivity index (χ4n) is 1.48. The van der Waals surface area contributed by atoms with Crippen molar-refractivity contribution in [3.63, 3.8) is 0 Å². The maximum atomic E-state index is 11.7. The lowest BCUT2D eigenvalue weighted by molar-refractivity contribution is -0.145. The van der Waals surface area contributed by atoms with Crippen LogP contribution in [0.5, 0.6) is 0 Å². The lowest BCUT2D eigenvalue weighted by Gasteiger charge is -2.15. The molecule has 0 aliphatic heterocycles. The Morgan fingerprint density at radius 2 is 1.91 bits per heavy atom. The van der Waals surface area contributed by atoms with Gasteiger partial charge in [-0.05, 0) is 25.5 Å². The van der Waals surface area contributed by atoms with E-state index in [1.807, 2.05) is 44.2 Å². The van der Waals surface area contributed by atoms with Crippen molar-refractivity contribution in [1.82, 2.24) is 5.32 Å². The van der Waals surface area contributed by atoms with Crippen LogP contribution in [-0.2, 0) is 20.9 Å². The van der Waals surface area contributed by atoms with Crippen LogP contribution in [-0.4, -0.2) is 36.4 Å². The van der Waals surface area contributed by atoms with Crippen molar-refractivity contribution in [2.24, 2.45) is 0 Å². The number of amides is 1. The molecule has 0 saturated carbocycles. The van der Waals surface area contributed by atoms with E-state index in [4.69, 9.17) is 14.6 Å². The molecule has 2 N–H and O–H groups in total. The molecule has 6 heteroatoms. The van der Waals surface area contributed by atoms with Crippen LogP contribution >= 0.6 is 0 Å². The number of hydrogen-bond acceptors (Lipinski definition) is 5. The van der Waals surface area contributed by atoms with Gasteiger partial charge in [0.05, 0.1) is 6.61 Å². The molecule has 1 atom stereocenters. The van der Waals surface area contributed by atoms with Crippen LogP contribution in [0.1, 0.15) is 19.4 Å². The summed E-state index contributed by atoms with van der Waals surface area (Å²) in [5, 5.41) is 11.4.